The van der Waals surface area contributed by atoms with Crippen LogP contribution in [0, 0.1) is 0 Å². The maximum atomic E-state index is 12.0. The van der Waals surface area contributed by atoms with Gasteiger partial charge in [0.15, 0.2) is 0 Å². The van der Waals surface area contributed by atoms with Crippen LogP contribution in [-0.2, 0) is 4.79 Å². The lowest BCUT2D eigenvalue weighted by atomic mass is 10.0. The Hall–Kier alpha value is -0.0900. The van der Waals surface area contributed by atoms with E-state index in [4.69, 9.17) is 0 Å². The molecule has 1 rings (SSSR count). The van der Waals surface area contributed by atoms with E-state index in [2.05, 4.69) is 27.9 Å². The number of nitrogens with zero attached hydrogens (tertiary/aromatic N) is 2. The fourth-order valence-electron chi connectivity index (χ4n) is 1.97. The molecule has 4 heteroatoms. The van der Waals surface area contributed by atoms with Crippen LogP contribution in [0.25, 0.3) is 0 Å². The molecule has 0 radical (unpaired) electrons. The minimum atomic E-state index is -0.439. The van der Waals surface area contributed by atoms with Crippen molar-refractivity contribution in [3.05, 3.63) is 0 Å². The van der Waals surface area contributed by atoms with Crippen LogP contribution in [-0.4, -0.2) is 53.3 Å². The Labute approximate surface area is 101 Å². The van der Waals surface area contributed by atoms with E-state index in [1.165, 1.54) is 0 Å². The molecule has 0 aliphatic carbocycles. The van der Waals surface area contributed by atoms with Crippen molar-refractivity contribution < 1.29 is 4.79 Å². The third kappa shape index (κ3) is 3.45. The Morgan fingerprint density at radius 3 is 2.27 bits per heavy atom. The highest BCUT2D eigenvalue weighted by Gasteiger charge is 2.32. The molecule has 15 heavy (non-hydrogen) atoms. The number of alkyl halides is 1. The first-order valence-corrected chi connectivity index (χ1v) is 6.26. The van der Waals surface area contributed by atoms with Gasteiger partial charge >= 0.3 is 0 Å². The summed E-state index contributed by atoms with van der Waals surface area (Å²) in [6, 6.07) is 0.408. The minimum Gasteiger partial charge on any atom is -0.341 e. The molecule has 0 unspecified atom stereocenters. The lowest BCUT2D eigenvalue weighted by Crippen LogP contribution is -2.49. The maximum Gasteiger partial charge on any atom is 0.238 e. The molecule has 0 spiro atoms. The largest absolute Gasteiger partial charge is 0.341 e. The van der Waals surface area contributed by atoms with Gasteiger partial charge in [-0.1, -0.05) is 15.9 Å². The summed E-state index contributed by atoms with van der Waals surface area (Å²) in [6.07, 6.45) is 2.17. The van der Waals surface area contributed by atoms with Crippen molar-refractivity contribution in [2.75, 3.05) is 27.2 Å². The standard InChI is InChI=1S/C11H21BrN2O/c1-11(2,12)10(15)14(4)9-5-7-13(3)8-6-9/h9H,5-8H2,1-4H3. The van der Waals surface area contributed by atoms with Crippen LogP contribution in [0.1, 0.15) is 26.7 Å². The van der Waals surface area contributed by atoms with Crippen LogP contribution in [0.4, 0.5) is 0 Å². The normalized spacial score (nSPS) is 20.3. The zero-order valence-corrected chi connectivity index (χ0v) is 11.7. The highest BCUT2D eigenvalue weighted by atomic mass is 79.9. The molecule has 1 aliphatic heterocycles. The van der Waals surface area contributed by atoms with Crippen LogP contribution in [0.15, 0.2) is 0 Å². The molecule has 1 aliphatic rings. The van der Waals surface area contributed by atoms with Crippen molar-refractivity contribution in [3.8, 4) is 0 Å². The summed E-state index contributed by atoms with van der Waals surface area (Å²) in [4.78, 5) is 16.2. The highest BCUT2D eigenvalue weighted by Crippen LogP contribution is 2.22. The van der Waals surface area contributed by atoms with Gasteiger partial charge in [0.05, 0.1) is 4.32 Å². The molecule has 0 N–H and O–H groups in total. The number of likely N-dealkylation sites (tertiary alicyclic amines) is 1. The summed E-state index contributed by atoms with van der Waals surface area (Å²) < 4.78 is -0.439. The van der Waals surface area contributed by atoms with Gasteiger partial charge in [0.1, 0.15) is 0 Å². The predicted molar refractivity (Wildman–Crippen MR) is 66.3 cm³/mol. The third-order valence-corrected chi connectivity index (χ3v) is 3.40. The van der Waals surface area contributed by atoms with Gasteiger partial charge in [-0.25, -0.2) is 0 Å². The van der Waals surface area contributed by atoms with E-state index in [-0.39, 0.29) is 5.91 Å². The predicted octanol–water partition coefficient (Wildman–Crippen LogP) is 1.71. The van der Waals surface area contributed by atoms with Crippen LogP contribution < -0.4 is 0 Å². The van der Waals surface area contributed by atoms with E-state index in [0.717, 1.165) is 25.9 Å². The average molecular weight is 277 g/mol. The van der Waals surface area contributed by atoms with E-state index >= 15 is 0 Å². The van der Waals surface area contributed by atoms with Gasteiger partial charge in [0, 0.05) is 13.1 Å². The summed E-state index contributed by atoms with van der Waals surface area (Å²) in [5, 5.41) is 0. The van der Waals surface area contributed by atoms with E-state index < -0.39 is 4.32 Å². The minimum absolute atomic E-state index is 0.178. The molecule has 0 aromatic heterocycles. The molecule has 0 bridgehead atoms. The molecular weight excluding hydrogens is 256 g/mol. The Morgan fingerprint density at radius 2 is 1.87 bits per heavy atom. The summed E-state index contributed by atoms with van der Waals surface area (Å²) in [5.41, 5.74) is 0. The number of rotatable bonds is 2. The second-order valence-corrected chi connectivity index (χ2v) is 6.91. The number of piperidine rings is 1. The van der Waals surface area contributed by atoms with Gasteiger partial charge in [-0.15, -0.1) is 0 Å². The SMILES string of the molecule is CN1CCC(N(C)C(=O)C(C)(C)Br)CC1. The van der Waals surface area contributed by atoms with Crippen LogP contribution in [0.2, 0.25) is 0 Å². The number of halogens is 1. The van der Waals surface area contributed by atoms with Crippen molar-refractivity contribution in [3.63, 3.8) is 0 Å². The number of carbonyl (C=O) groups is 1. The van der Waals surface area contributed by atoms with Crippen molar-refractivity contribution in [1.82, 2.24) is 9.80 Å². The number of hydrogen-bond donors (Lipinski definition) is 0. The van der Waals surface area contributed by atoms with Gasteiger partial charge < -0.3 is 9.80 Å². The number of hydrogen-bond acceptors (Lipinski definition) is 2. The molecule has 0 atom stereocenters. The van der Waals surface area contributed by atoms with Crippen molar-refractivity contribution >= 4 is 21.8 Å². The molecule has 1 amide bonds. The van der Waals surface area contributed by atoms with Crippen molar-refractivity contribution in [2.24, 2.45) is 0 Å². The molecule has 0 saturated carbocycles. The Balaban J connectivity index is 2.54. The highest BCUT2D eigenvalue weighted by molar-refractivity contribution is 9.10. The Bertz CT molecular complexity index is 229. The van der Waals surface area contributed by atoms with Crippen molar-refractivity contribution in [2.45, 2.75) is 37.1 Å². The van der Waals surface area contributed by atoms with E-state index in [1.807, 2.05) is 25.8 Å². The van der Waals surface area contributed by atoms with Gasteiger partial charge in [0.25, 0.3) is 0 Å². The summed E-state index contributed by atoms with van der Waals surface area (Å²) >= 11 is 3.42. The van der Waals surface area contributed by atoms with Gasteiger partial charge in [-0.05, 0) is 46.8 Å². The maximum absolute atomic E-state index is 12.0. The van der Waals surface area contributed by atoms with Crippen molar-refractivity contribution in [1.29, 1.82) is 0 Å². The molecule has 1 saturated heterocycles. The first-order valence-electron chi connectivity index (χ1n) is 5.47. The molecule has 0 aromatic rings. The third-order valence-electron chi connectivity index (χ3n) is 3.06. The first kappa shape index (κ1) is 13.0. The number of amides is 1. The zero-order chi connectivity index (χ0) is 11.6. The van der Waals surface area contributed by atoms with Gasteiger partial charge in [-0.3, -0.25) is 4.79 Å². The lowest BCUT2D eigenvalue weighted by molar-refractivity contribution is -0.134. The molecular formula is C11H21BrN2O. The second-order valence-electron chi connectivity index (χ2n) is 4.92. The summed E-state index contributed by atoms with van der Waals surface area (Å²) in [7, 11) is 4.05. The molecule has 3 nitrogen and oxygen atoms in total. The zero-order valence-electron chi connectivity index (χ0n) is 10.1. The average Bonchev–Trinajstić information content (AvgIpc) is 2.15. The molecule has 1 heterocycles. The van der Waals surface area contributed by atoms with Crippen LogP contribution in [0.3, 0.4) is 0 Å². The number of carbonyl (C=O) groups excluding carboxylic acids is 1. The smallest absolute Gasteiger partial charge is 0.238 e. The van der Waals surface area contributed by atoms with Gasteiger partial charge in [-0.2, -0.15) is 0 Å². The Morgan fingerprint density at radius 1 is 1.40 bits per heavy atom. The Kier molecular flexibility index (Phi) is 4.18. The van der Waals surface area contributed by atoms with E-state index in [1.54, 1.807) is 0 Å². The topological polar surface area (TPSA) is 23.6 Å². The lowest BCUT2D eigenvalue weighted by Gasteiger charge is -2.37. The fourth-order valence-corrected chi connectivity index (χ4v) is 2.25. The molecule has 88 valence electrons. The van der Waals surface area contributed by atoms with Crippen LogP contribution in [0.5, 0.6) is 0 Å². The quantitative estimate of drug-likeness (QED) is 0.717. The molecule has 1 fully saturated rings. The fraction of sp³-hybridized carbons (Fsp3) is 0.909. The monoisotopic (exact) mass is 276 g/mol. The first-order chi connectivity index (χ1) is 6.82. The van der Waals surface area contributed by atoms with E-state index in [9.17, 15) is 4.79 Å². The second kappa shape index (κ2) is 4.83. The van der Waals surface area contributed by atoms with Gasteiger partial charge in [0.2, 0.25) is 5.91 Å². The molecule has 0 aromatic carbocycles. The summed E-state index contributed by atoms with van der Waals surface area (Å²) in [5.74, 6) is 0.178. The van der Waals surface area contributed by atoms with E-state index in [0.29, 0.717) is 6.04 Å². The van der Waals surface area contributed by atoms with Crippen LogP contribution >= 0.6 is 15.9 Å². The summed E-state index contributed by atoms with van der Waals surface area (Å²) in [6.45, 7) is 5.98.